The summed E-state index contributed by atoms with van der Waals surface area (Å²) in [6.45, 7) is 4.91. The van der Waals surface area contributed by atoms with Crippen LogP contribution in [-0.4, -0.2) is 6.71 Å². The maximum atomic E-state index is 3.79. The van der Waals surface area contributed by atoms with Gasteiger partial charge in [-0.25, -0.2) is 0 Å². The molecule has 2 aliphatic heterocycles. The van der Waals surface area contributed by atoms with Crippen LogP contribution in [0, 0.1) is 0 Å². The van der Waals surface area contributed by atoms with Gasteiger partial charge in [-0.05, 0) is 12.8 Å². The van der Waals surface area contributed by atoms with Crippen LogP contribution in [0.2, 0.25) is 18.0 Å². The molecule has 0 spiro atoms. The highest BCUT2D eigenvalue weighted by Gasteiger charge is 2.37. The average Bonchev–Trinajstić information content (AvgIpc) is 2.28. The Hall–Kier alpha value is -0.195. The van der Waals surface area contributed by atoms with Crippen molar-refractivity contribution in [3.8, 4) is 0 Å². The molecule has 90 valence electrons. The molecule has 1 heteroatoms. The van der Waals surface area contributed by atoms with Crippen molar-refractivity contribution in [1.29, 1.82) is 0 Å². The Kier molecular flexibility index (Phi) is 5.00. The minimum atomic E-state index is 1.12. The average molecular weight is 218 g/mol. The van der Waals surface area contributed by atoms with Crippen molar-refractivity contribution in [2.75, 3.05) is 0 Å². The van der Waals surface area contributed by atoms with E-state index in [0.29, 0.717) is 0 Å². The topological polar surface area (TPSA) is 0 Å². The molecule has 2 fully saturated rings. The second kappa shape index (κ2) is 6.52. The van der Waals surface area contributed by atoms with Gasteiger partial charge in [0.25, 0.3) is 0 Å². The van der Waals surface area contributed by atoms with E-state index < -0.39 is 0 Å². The van der Waals surface area contributed by atoms with E-state index in [-0.39, 0.29) is 0 Å². The third kappa shape index (κ3) is 3.15. The number of hydrogen-bond acceptors (Lipinski definition) is 0. The van der Waals surface area contributed by atoms with E-state index in [2.05, 4.69) is 12.7 Å². The highest BCUT2D eigenvalue weighted by molar-refractivity contribution is 6.62. The van der Waals surface area contributed by atoms with Crippen LogP contribution in [0.4, 0.5) is 0 Å². The van der Waals surface area contributed by atoms with E-state index in [1.165, 1.54) is 44.8 Å². The van der Waals surface area contributed by atoms with Crippen LogP contribution in [-0.2, 0) is 0 Å². The van der Waals surface area contributed by atoms with Crippen molar-refractivity contribution in [2.24, 2.45) is 0 Å². The molecule has 2 rings (SSSR count). The zero-order valence-electron chi connectivity index (χ0n) is 10.8. The smallest absolute Gasteiger partial charge is 0.103 e. The molecule has 0 aromatic carbocycles. The lowest BCUT2D eigenvalue weighted by molar-refractivity contribution is 0.440. The summed E-state index contributed by atoms with van der Waals surface area (Å²) in [5.74, 6) is 2.24. The van der Waals surface area contributed by atoms with Crippen molar-refractivity contribution < 1.29 is 0 Å². The quantitative estimate of drug-likeness (QED) is 0.321. The molecular formula is C15H27B. The number of rotatable bonds is 6. The standard InChI is InChI=1S/C15H27B/c1-2-3-4-5-6-13-16-14-9-7-10-15(16)12-8-11-14/h2,14-15H,1,3-13H2. The van der Waals surface area contributed by atoms with E-state index in [9.17, 15) is 0 Å². The van der Waals surface area contributed by atoms with Gasteiger partial charge in [0.2, 0.25) is 0 Å². The fraction of sp³-hybridized carbons (Fsp3) is 0.867. The third-order valence-corrected chi connectivity index (χ3v) is 4.96. The molecule has 0 nitrogen and oxygen atoms in total. The van der Waals surface area contributed by atoms with Gasteiger partial charge in [0.15, 0.2) is 0 Å². The molecule has 0 N–H and O–H groups in total. The van der Waals surface area contributed by atoms with Crippen molar-refractivity contribution in [1.82, 2.24) is 0 Å². The molecule has 0 aromatic rings. The van der Waals surface area contributed by atoms with Gasteiger partial charge in [0.05, 0.1) is 0 Å². The summed E-state index contributed by atoms with van der Waals surface area (Å²) in [6, 6.07) is 0. The van der Waals surface area contributed by atoms with Gasteiger partial charge < -0.3 is 0 Å². The molecule has 0 saturated carbocycles. The van der Waals surface area contributed by atoms with Gasteiger partial charge in [0.1, 0.15) is 6.71 Å². The lowest BCUT2D eigenvalue weighted by atomic mass is 9.26. The Labute approximate surface area is 102 Å². The van der Waals surface area contributed by atoms with Gasteiger partial charge in [-0.15, -0.1) is 6.58 Å². The molecule has 2 heterocycles. The van der Waals surface area contributed by atoms with E-state index in [1.54, 1.807) is 25.7 Å². The Bertz CT molecular complexity index is 189. The Morgan fingerprint density at radius 3 is 2.12 bits per heavy atom. The minimum Gasteiger partial charge on any atom is -0.103 e. The molecule has 0 aromatic heterocycles. The molecular weight excluding hydrogens is 191 g/mol. The van der Waals surface area contributed by atoms with Gasteiger partial charge in [-0.2, -0.15) is 0 Å². The first-order valence-electron chi connectivity index (χ1n) is 7.52. The maximum absolute atomic E-state index is 3.79. The second-order valence-corrected chi connectivity index (χ2v) is 5.97. The van der Waals surface area contributed by atoms with Crippen LogP contribution in [0.15, 0.2) is 12.7 Å². The van der Waals surface area contributed by atoms with Crippen molar-refractivity contribution in [2.45, 2.75) is 82.2 Å². The van der Waals surface area contributed by atoms with Crippen LogP contribution in [0.25, 0.3) is 0 Å². The summed E-state index contributed by atoms with van der Waals surface area (Å²) in [6.07, 6.45) is 18.4. The lowest BCUT2D eigenvalue weighted by Crippen LogP contribution is -2.34. The monoisotopic (exact) mass is 218 g/mol. The van der Waals surface area contributed by atoms with Crippen molar-refractivity contribution >= 4 is 6.71 Å². The van der Waals surface area contributed by atoms with E-state index in [0.717, 1.165) is 18.3 Å². The summed E-state index contributed by atoms with van der Waals surface area (Å²) in [5.41, 5.74) is 0. The normalized spacial score (nSPS) is 29.1. The summed E-state index contributed by atoms with van der Waals surface area (Å²) >= 11 is 0. The summed E-state index contributed by atoms with van der Waals surface area (Å²) in [4.78, 5) is 0. The molecule has 2 saturated heterocycles. The molecule has 16 heavy (non-hydrogen) atoms. The zero-order chi connectivity index (χ0) is 11.2. The van der Waals surface area contributed by atoms with E-state index in [1.807, 2.05) is 0 Å². The lowest BCUT2D eigenvalue weighted by Gasteiger charge is -2.40. The van der Waals surface area contributed by atoms with Gasteiger partial charge in [-0.1, -0.05) is 75.4 Å². The highest BCUT2D eigenvalue weighted by Crippen LogP contribution is 2.48. The highest BCUT2D eigenvalue weighted by atomic mass is 14.2. The van der Waals surface area contributed by atoms with E-state index >= 15 is 0 Å². The summed E-state index contributed by atoms with van der Waals surface area (Å²) < 4.78 is 0. The predicted molar refractivity (Wildman–Crippen MR) is 74.4 cm³/mol. The Morgan fingerprint density at radius 2 is 1.56 bits per heavy atom. The van der Waals surface area contributed by atoms with Crippen LogP contribution in [0.3, 0.4) is 0 Å². The zero-order valence-corrected chi connectivity index (χ0v) is 10.8. The number of fused-ring (bicyclic) bond motifs is 2. The largest absolute Gasteiger partial charge is 0.146 e. The maximum Gasteiger partial charge on any atom is 0.146 e. The first-order chi connectivity index (χ1) is 7.92. The van der Waals surface area contributed by atoms with E-state index in [4.69, 9.17) is 0 Å². The van der Waals surface area contributed by atoms with Gasteiger partial charge >= 0.3 is 0 Å². The third-order valence-electron chi connectivity index (χ3n) is 4.96. The first kappa shape index (κ1) is 12.3. The molecule has 0 amide bonds. The van der Waals surface area contributed by atoms with Crippen LogP contribution >= 0.6 is 0 Å². The Morgan fingerprint density at radius 1 is 0.938 bits per heavy atom. The molecule has 0 unspecified atom stereocenters. The molecule has 0 aliphatic carbocycles. The predicted octanol–water partition coefficient (Wildman–Crippen LogP) is 5.34. The van der Waals surface area contributed by atoms with Gasteiger partial charge in [0, 0.05) is 0 Å². The summed E-state index contributed by atoms with van der Waals surface area (Å²) in [7, 11) is 0. The number of unbranched alkanes of at least 4 members (excludes halogenated alkanes) is 3. The fourth-order valence-electron chi connectivity index (χ4n) is 4.13. The molecule has 2 aliphatic rings. The second-order valence-electron chi connectivity index (χ2n) is 5.97. The van der Waals surface area contributed by atoms with Crippen molar-refractivity contribution in [3.63, 3.8) is 0 Å². The summed E-state index contributed by atoms with van der Waals surface area (Å²) in [5, 5.41) is 0. The molecule has 0 atom stereocenters. The van der Waals surface area contributed by atoms with Crippen LogP contribution in [0.1, 0.15) is 64.2 Å². The fourth-order valence-corrected chi connectivity index (χ4v) is 4.13. The van der Waals surface area contributed by atoms with Gasteiger partial charge in [-0.3, -0.25) is 0 Å². The number of hydrogen-bond donors (Lipinski definition) is 0. The molecule has 0 radical (unpaired) electrons. The van der Waals surface area contributed by atoms with Crippen LogP contribution < -0.4 is 0 Å². The van der Waals surface area contributed by atoms with Crippen molar-refractivity contribution in [3.05, 3.63) is 12.7 Å². The number of allylic oxidation sites excluding steroid dienone is 1. The molecule has 2 bridgehead atoms. The minimum absolute atomic E-state index is 1.12. The first-order valence-corrected chi connectivity index (χ1v) is 7.52. The van der Waals surface area contributed by atoms with Crippen LogP contribution in [0.5, 0.6) is 0 Å². The SMILES string of the molecule is C=CCCCCCB1C2CCCC1CCC2. The Balaban J connectivity index is 1.69.